The smallest absolute Gasteiger partial charge is 0.293 e. The van der Waals surface area contributed by atoms with Gasteiger partial charge >= 0.3 is 0 Å². The molecule has 0 fully saturated rings. The van der Waals surface area contributed by atoms with Crippen LogP contribution in [0.1, 0.15) is 25.8 Å². The number of imidazole rings is 1. The van der Waals surface area contributed by atoms with E-state index in [1.54, 1.807) is 24.8 Å². The second-order valence-corrected chi connectivity index (χ2v) is 8.51. The van der Waals surface area contributed by atoms with Gasteiger partial charge in [-0.2, -0.15) is 4.98 Å². The number of aliphatic hydroxyl groups is 1. The topological polar surface area (TPSA) is 102 Å². The fourth-order valence-electron chi connectivity index (χ4n) is 3.56. The lowest BCUT2D eigenvalue weighted by Gasteiger charge is -2.33. The Labute approximate surface area is 179 Å². The van der Waals surface area contributed by atoms with E-state index < -0.39 is 5.41 Å². The van der Waals surface area contributed by atoms with Gasteiger partial charge in [0, 0.05) is 18.7 Å². The van der Waals surface area contributed by atoms with Gasteiger partial charge in [0.25, 0.3) is 6.01 Å². The maximum absolute atomic E-state index is 12.5. The predicted molar refractivity (Wildman–Crippen MR) is 116 cm³/mol. The molecule has 0 spiro atoms. The van der Waals surface area contributed by atoms with Crippen molar-refractivity contribution in [3.05, 3.63) is 47.0 Å². The first-order valence-electron chi connectivity index (χ1n) is 9.74. The van der Waals surface area contributed by atoms with Gasteiger partial charge in [-0.15, -0.1) is 0 Å². The van der Waals surface area contributed by atoms with E-state index in [0.717, 1.165) is 17.5 Å². The molecule has 0 bridgehead atoms. The average Bonchev–Trinajstić information content (AvgIpc) is 3.11. The van der Waals surface area contributed by atoms with Crippen LogP contribution in [0.25, 0.3) is 28.0 Å². The first-order chi connectivity index (χ1) is 14.3. The van der Waals surface area contributed by atoms with Gasteiger partial charge in [0.2, 0.25) is 5.91 Å². The van der Waals surface area contributed by atoms with Crippen LogP contribution in [-0.4, -0.2) is 55.7 Å². The lowest BCUT2D eigenvalue weighted by molar-refractivity contribution is -0.141. The quantitative estimate of drug-likeness (QED) is 0.591. The number of pyridine rings is 1. The minimum atomic E-state index is -0.758. The number of aromatic hydroxyl groups is 1. The Bertz CT molecular complexity index is 1140. The SMILES string of the molecule is CC(C)(CO)C(=O)N1CC=C(c2ccc(-c3nc4nc(O)[nH]c4cc3Cl)cc2)CC1. The van der Waals surface area contributed by atoms with Crippen molar-refractivity contribution in [1.29, 1.82) is 0 Å². The summed E-state index contributed by atoms with van der Waals surface area (Å²) in [5, 5.41) is 19.4. The summed E-state index contributed by atoms with van der Waals surface area (Å²) < 4.78 is 0. The van der Waals surface area contributed by atoms with Gasteiger partial charge in [-0.05, 0) is 37.5 Å². The third-order valence-electron chi connectivity index (χ3n) is 5.41. The molecule has 1 aliphatic heterocycles. The number of hydrogen-bond acceptors (Lipinski definition) is 5. The lowest BCUT2D eigenvalue weighted by Crippen LogP contribution is -2.44. The Morgan fingerprint density at radius 1 is 1.23 bits per heavy atom. The second-order valence-electron chi connectivity index (χ2n) is 8.10. The van der Waals surface area contributed by atoms with Crippen LogP contribution in [0.4, 0.5) is 0 Å². The highest BCUT2D eigenvalue weighted by Crippen LogP contribution is 2.31. The van der Waals surface area contributed by atoms with E-state index in [9.17, 15) is 15.0 Å². The number of hydrogen-bond donors (Lipinski definition) is 3. The zero-order valence-corrected chi connectivity index (χ0v) is 17.6. The first-order valence-corrected chi connectivity index (χ1v) is 10.1. The van der Waals surface area contributed by atoms with E-state index in [4.69, 9.17) is 11.6 Å². The number of carbonyl (C=O) groups excluding carboxylic acids is 1. The molecule has 3 N–H and O–H groups in total. The minimum absolute atomic E-state index is 0.0313. The molecule has 8 heteroatoms. The van der Waals surface area contributed by atoms with Gasteiger partial charge in [-0.1, -0.05) is 41.9 Å². The fraction of sp³-hybridized carbons (Fsp3) is 0.318. The number of fused-ring (bicyclic) bond motifs is 1. The Morgan fingerprint density at radius 3 is 2.57 bits per heavy atom. The van der Waals surface area contributed by atoms with Crippen LogP contribution in [-0.2, 0) is 4.79 Å². The predicted octanol–water partition coefficient (Wildman–Crippen LogP) is 3.62. The van der Waals surface area contributed by atoms with E-state index in [-0.39, 0.29) is 18.5 Å². The van der Waals surface area contributed by atoms with E-state index in [2.05, 4.69) is 21.0 Å². The molecule has 7 nitrogen and oxygen atoms in total. The highest BCUT2D eigenvalue weighted by molar-refractivity contribution is 6.33. The van der Waals surface area contributed by atoms with Crippen molar-refractivity contribution in [3.8, 4) is 17.3 Å². The number of aliphatic hydroxyl groups excluding tert-OH is 1. The van der Waals surface area contributed by atoms with Crippen LogP contribution in [0.3, 0.4) is 0 Å². The van der Waals surface area contributed by atoms with Crippen LogP contribution < -0.4 is 0 Å². The second kappa shape index (κ2) is 7.74. The molecule has 0 atom stereocenters. The number of aromatic nitrogens is 3. The van der Waals surface area contributed by atoms with Crippen molar-refractivity contribution in [2.45, 2.75) is 20.3 Å². The number of aromatic amines is 1. The molecule has 1 aromatic carbocycles. The molecule has 30 heavy (non-hydrogen) atoms. The van der Waals surface area contributed by atoms with E-state index in [1.165, 1.54) is 5.57 Å². The molecule has 0 radical (unpaired) electrons. The fourth-order valence-corrected chi connectivity index (χ4v) is 3.82. The van der Waals surface area contributed by atoms with Crippen LogP contribution in [0.2, 0.25) is 5.02 Å². The molecule has 3 heterocycles. The molecule has 0 aliphatic carbocycles. The molecule has 156 valence electrons. The molecule has 0 unspecified atom stereocenters. The first kappa shape index (κ1) is 20.4. The number of halogens is 1. The van der Waals surface area contributed by atoms with Crippen LogP contribution in [0, 0.1) is 5.41 Å². The summed E-state index contributed by atoms with van der Waals surface area (Å²) in [5.41, 5.74) is 3.94. The van der Waals surface area contributed by atoms with Gasteiger partial charge in [0.05, 0.1) is 28.3 Å². The molecule has 3 aromatic rings. The number of nitrogens with one attached hydrogen (secondary N) is 1. The molecule has 0 saturated carbocycles. The van der Waals surface area contributed by atoms with Gasteiger partial charge in [0.15, 0.2) is 5.65 Å². The Hall–Kier alpha value is -2.90. The highest BCUT2D eigenvalue weighted by atomic mass is 35.5. The number of amides is 1. The molecule has 2 aromatic heterocycles. The van der Waals surface area contributed by atoms with Gasteiger partial charge < -0.3 is 20.1 Å². The number of benzene rings is 1. The zero-order chi connectivity index (χ0) is 21.5. The zero-order valence-electron chi connectivity index (χ0n) is 16.8. The van der Waals surface area contributed by atoms with Crippen molar-refractivity contribution in [2.24, 2.45) is 5.41 Å². The molecular weight excluding hydrogens is 404 g/mol. The van der Waals surface area contributed by atoms with Crippen molar-refractivity contribution in [1.82, 2.24) is 19.9 Å². The highest BCUT2D eigenvalue weighted by Gasteiger charge is 2.32. The van der Waals surface area contributed by atoms with Crippen molar-refractivity contribution < 1.29 is 15.0 Å². The maximum Gasteiger partial charge on any atom is 0.293 e. The minimum Gasteiger partial charge on any atom is -0.480 e. The lowest BCUT2D eigenvalue weighted by atomic mass is 9.91. The molecule has 4 rings (SSSR count). The van der Waals surface area contributed by atoms with Crippen LogP contribution in [0.5, 0.6) is 6.01 Å². The Kier molecular flexibility index (Phi) is 5.26. The van der Waals surface area contributed by atoms with Crippen molar-refractivity contribution >= 4 is 34.2 Å². The monoisotopic (exact) mass is 426 g/mol. The van der Waals surface area contributed by atoms with Crippen LogP contribution >= 0.6 is 11.6 Å². The number of rotatable bonds is 4. The van der Waals surface area contributed by atoms with Crippen molar-refractivity contribution in [3.63, 3.8) is 0 Å². The van der Waals surface area contributed by atoms with Gasteiger partial charge in [-0.25, -0.2) is 4.98 Å². The Balaban J connectivity index is 1.53. The summed E-state index contributed by atoms with van der Waals surface area (Å²) in [6.07, 6.45) is 2.82. The summed E-state index contributed by atoms with van der Waals surface area (Å²) in [7, 11) is 0. The third kappa shape index (κ3) is 3.78. The van der Waals surface area contributed by atoms with Crippen LogP contribution in [0.15, 0.2) is 36.4 Å². The Morgan fingerprint density at radius 2 is 1.93 bits per heavy atom. The largest absolute Gasteiger partial charge is 0.480 e. The molecular formula is C22H23ClN4O3. The van der Waals surface area contributed by atoms with E-state index >= 15 is 0 Å². The van der Waals surface area contributed by atoms with Gasteiger partial charge in [-0.3, -0.25) is 4.79 Å². The number of carbonyl (C=O) groups is 1. The molecule has 1 aliphatic rings. The summed E-state index contributed by atoms with van der Waals surface area (Å²) in [6, 6.07) is 9.44. The summed E-state index contributed by atoms with van der Waals surface area (Å²) >= 11 is 6.37. The average molecular weight is 427 g/mol. The number of H-pyrrole nitrogens is 1. The normalized spacial score (nSPS) is 14.8. The standard InChI is InChI=1S/C22H23ClN4O3/c1-22(2,12-28)20(29)27-9-7-14(8-10-27)13-3-5-15(6-4-13)18-16(23)11-17-19(25-18)26-21(30)24-17/h3-7,11,28H,8-10,12H2,1-2H3,(H2,24,25,26,30). The summed E-state index contributed by atoms with van der Waals surface area (Å²) in [5.74, 6) is -0.0313. The van der Waals surface area contributed by atoms with Crippen molar-refractivity contribution in [2.75, 3.05) is 19.7 Å². The maximum atomic E-state index is 12.5. The number of nitrogens with zero attached hydrogens (tertiary/aromatic N) is 3. The summed E-state index contributed by atoms with van der Waals surface area (Å²) in [4.78, 5) is 25.4. The van der Waals surface area contributed by atoms with Gasteiger partial charge in [0.1, 0.15) is 0 Å². The molecule has 1 amide bonds. The van der Waals surface area contributed by atoms with E-state index in [1.807, 2.05) is 24.3 Å². The third-order valence-corrected chi connectivity index (χ3v) is 5.70. The van der Waals surface area contributed by atoms with E-state index in [0.29, 0.717) is 35.0 Å². The summed E-state index contributed by atoms with van der Waals surface area (Å²) in [6.45, 7) is 4.51. The molecule has 0 saturated heterocycles.